The van der Waals surface area contributed by atoms with Crippen LogP contribution in [0, 0.1) is 0 Å². The van der Waals surface area contributed by atoms with Crippen LogP contribution < -0.4 is 0 Å². The molecule has 2 rings (SSSR count). The largest absolute Gasteiger partial charge is 0.381 e. The van der Waals surface area contributed by atoms with Gasteiger partial charge in [0.05, 0.1) is 16.2 Å². The van der Waals surface area contributed by atoms with Crippen LogP contribution in [0.4, 0.5) is 0 Å². The molecule has 0 radical (unpaired) electrons. The fourth-order valence-corrected chi connectivity index (χ4v) is 2.52. The molecule has 0 spiro atoms. The first-order chi connectivity index (χ1) is 6.77. The lowest BCUT2D eigenvalue weighted by Gasteiger charge is -2.36. The van der Waals surface area contributed by atoms with Crippen LogP contribution in [-0.2, 0) is 10.3 Å². The number of hydrogen-bond donors (Lipinski definition) is 1. The molecule has 0 atom stereocenters. The zero-order chi connectivity index (χ0) is 10.0. The van der Waals surface area contributed by atoms with E-state index in [-0.39, 0.29) is 5.54 Å². The van der Waals surface area contributed by atoms with Crippen molar-refractivity contribution in [3.8, 4) is 0 Å². The number of thiol groups is 1. The molecule has 1 aromatic heterocycles. The fraction of sp³-hybridized carbons (Fsp3) is 0.667. The van der Waals surface area contributed by atoms with Gasteiger partial charge >= 0.3 is 0 Å². The third kappa shape index (κ3) is 1.85. The van der Waals surface area contributed by atoms with E-state index in [9.17, 15) is 0 Å². The Hall–Kier alpha value is -0.0000000000000000763. The van der Waals surface area contributed by atoms with Crippen molar-refractivity contribution >= 4 is 28.6 Å². The molecule has 5 heteroatoms. The van der Waals surface area contributed by atoms with Gasteiger partial charge in [-0.25, -0.2) is 0 Å². The molecule has 3 nitrogen and oxygen atoms in total. The predicted molar refractivity (Wildman–Crippen MR) is 61.8 cm³/mol. The average Bonchev–Trinajstić information content (AvgIpc) is 2.66. The van der Waals surface area contributed by atoms with E-state index in [1.807, 2.05) is 17.1 Å². The van der Waals surface area contributed by atoms with Gasteiger partial charge in [0, 0.05) is 25.2 Å². The molecule has 1 saturated heterocycles. The van der Waals surface area contributed by atoms with Crippen molar-refractivity contribution in [2.45, 2.75) is 18.4 Å². The Kier molecular flexibility index (Phi) is 3.19. The van der Waals surface area contributed by atoms with Crippen LogP contribution in [0.3, 0.4) is 0 Å². The maximum absolute atomic E-state index is 5.37. The van der Waals surface area contributed by atoms with E-state index in [4.69, 9.17) is 4.74 Å². The summed E-state index contributed by atoms with van der Waals surface area (Å²) in [6.07, 6.45) is 5.82. The monoisotopic (exact) mass is 276 g/mol. The van der Waals surface area contributed by atoms with Crippen molar-refractivity contribution in [1.29, 1.82) is 0 Å². The van der Waals surface area contributed by atoms with E-state index in [1.54, 1.807) is 0 Å². The number of ether oxygens (including phenoxy) is 1. The average molecular weight is 277 g/mol. The molecule has 0 aliphatic carbocycles. The number of nitrogens with zero attached hydrogens (tertiary/aromatic N) is 2. The SMILES string of the molecule is SCC1(n2cc(Br)cn2)CCOCC1. The van der Waals surface area contributed by atoms with E-state index >= 15 is 0 Å². The first-order valence-corrected chi connectivity index (χ1v) is 6.09. The second-order valence-corrected chi connectivity index (χ2v) is 4.83. The highest BCUT2D eigenvalue weighted by Gasteiger charge is 2.33. The highest BCUT2D eigenvalue weighted by atomic mass is 79.9. The summed E-state index contributed by atoms with van der Waals surface area (Å²) >= 11 is 7.85. The molecule has 0 amide bonds. The predicted octanol–water partition coefficient (Wildman–Crippen LogP) is 2.08. The Bertz CT molecular complexity index is 310. The molecule has 0 saturated carbocycles. The molecule has 0 N–H and O–H groups in total. The zero-order valence-electron chi connectivity index (χ0n) is 7.82. The van der Waals surface area contributed by atoms with Gasteiger partial charge < -0.3 is 4.74 Å². The van der Waals surface area contributed by atoms with E-state index in [0.29, 0.717) is 0 Å². The molecule has 1 aliphatic heterocycles. The number of aromatic nitrogens is 2. The summed E-state index contributed by atoms with van der Waals surface area (Å²) in [7, 11) is 0. The lowest BCUT2D eigenvalue weighted by atomic mass is 9.92. The second-order valence-electron chi connectivity index (χ2n) is 3.60. The summed E-state index contributed by atoms with van der Waals surface area (Å²) < 4.78 is 8.41. The lowest BCUT2D eigenvalue weighted by molar-refractivity contribution is 0.0265. The Labute approximate surface area is 97.4 Å². The molecular formula is C9H13BrN2OS. The second kappa shape index (κ2) is 4.24. The summed E-state index contributed by atoms with van der Waals surface area (Å²) in [6, 6.07) is 0. The van der Waals surface area contributed by atoms with Crippen molar-refractivity contribution < 1.29 is 4.74 Å². The standard InChI is InChI=1S/C9H13BrN2OS/c10-8-5-11-12(6-8)9(7-14)1-3-13-4-2-9/h5-6,14H,1-4,7H2. The number of rotatable bonds is 2. The molecular weight excluding hydrogens is 264 g/mol. The quantitative estimate of drug-likeness (QED) is 0.838. The van der Waals surface area contributed by atoms with Crippen molar-refractivity contribution in [3.05, 3.63) is 16.9 Å². The Balaban J connectivity index is 2.26. The molecule has 14 heavy (non-hydrogen) atoms. The maximum Gasteiger partial charge on any atom is 0.0759 e. The van der Waals surface area contributed by atoms with Crippen molar-refractivity contribution in [3.63, 3.8) is 0 Å². The zero-order valence-corrected chi connectivity index (χ0v) is 10.3. The van der Waals surface area contributed by atoms with Crippen molar-refractivity contribution in [1.82, 2.24) is 9.78 Å². The molecule has 1 fully saturated rings. The molecule has 2 heterocycles. The van der Waals surface area contributed by atoms with Gasteiger partial charge in [-0.2, -0.15) is 17.7 Å². The van der Waals surface area contributed by atoms with Crippen LogP contribution in [0.25, 0.3) is 0 Å². The summed E-state index contributed by atoms with van der Waals surface area (Å²) in [4.78, 5) is 0. The summed E-state index contributed by atoms with van der Waals surface area (Å²) in [5.74, 6) is 0.810. The van der Waals surface area contributed by atoms with E-state index in [1.165, 1.54) is 0 Å². The van der Waals surface area contributed by atoms with Crippen LogP contribution in [0.2, 0.25) is 0 Å². The van der Waals surface area contributed by atoms with Crippen LogP contribution >= 0.6 is 28.6 Å². The first-order valence-electron chi connectivity index (χ1n) is 4.66. The molecule has 78 valence electrons. The Morgan fingerprint density at radius 2 is 2.29 bits per heavy atom. The van der Waals surface area contributed by atoms with Gasteiger partial charge in [0.2, 0.25) is 0 Å². The smallest absolute Gasteiger partial charge is 0.0759 e. The molecule has 1 aromatic rings. The summed E-state index contributed by atoms with van der Waals surface area (Å²) in [5, 5.41) is 4.35. The lowest BCUT2D eigenvalue weighted by Crippen LogP contribution is -2.41. The Morgan fingerprint density at radius 3 is 2.79 bits per heavy atom. The van der Waals surface area contributed by atoms with Crippen LogP contribution in [-0.4, -0.2) is 28.7 Å². The number of hydrogen-bond acceptors (Lipinski definition) is 3. The Morgan fingerprint density at radius 1 is 1.57 bits per heavy atom. The topological polar surface area (TPSA) is 27.1 Å². The minimum atomic E-state index is 0.0490. The van der Waals surface area contributed by atoms with Gasteiger partial charge in [0.15, 0.2) is 0 Å². The molecule has 0 bridgehead atoms. The highest BCUT2D eigenvalue weighted by molar-refractivity contribution is 9.10. The third-order valence-electron chi connectivity index (χ3n) is 2.75. The van der Waals surface area contributed by atoms with Gasteiger partial charge in [-0.05, 0) is 28.8 Å². The van der Waals surface area contributed by atoms with Gasteiger partial charge in [-0.3, -0.25) is 4.68 Å². The minimum Gasteiger partial charge on any atom is -0.381 e. The van der Waals surface area contributed by atoms with Crippen LogP contribution in [0.5, 0.6) is 0 Å². The first kappa shape index (κ1) is 10.5. The van der Waals surface area contributed by atoms with E-state index in [2.05, 4.69) is 33.7 Å². The van der Waals surface area contributed by atoms with E-state index < -0.39 is 0 Å². The van der Waals surface area contributed by atoms with Crippen molar-refractivity contribution in [2.75, 3.05) is 19.0 Å². The maximum atomic E-state index is 5.37. The summed E-state index contributed by atoms with van der Waals surface area (Å²) in [6.45, 7) is 1.61. The molecule has 0 unspecified atom stereocenters. The van der Waals surface area contributed by atoms with Crippen LogP contribution in [0.15, 0.2) is 16.9 Å². The summed E-state index contributed by atoms with van der Waals surface area (Å²) in [5.41, 5.74) is 0.0490. The van der Waals surface area contributed by atoms with E-state index in [0.717, 1.165) is 36.3 Å². The van der Waals surface area contributed by atoms with Gasteiger partial charge in [0.1, 0.15) is 0 Å². The third-order valence-corrected chi connectivity index (χ3v) is 3.75. The minimum absolute atomic E-state index is 0.0490. The van der Waals surface area contributed by atoms with Crippen LogP contribution in [0.1, 0.15) is 12.8 Å². The van der Waals surface area contributed by atoms with Gasteiger partial charge in [0.25, 0.3) is 0 Å². The molecule has 0 aromatic carbocycles. The fourth-order valence-electron chi connectivity index (χ4n) is 1.77. The van der Waals surface area contributed by atoms with Crippen molar-refractivity contribution in [2.24, 2.45) is 0 Å². The highest BCUT2D eigenvalue weighted by Crippen LogP contribution is 2.30. The normalized spacial score (nSPS) is 21.0. The van der Waals surface area contributed by atoms with Gasteiger partial charge in [-0.1, -0.05) is 0 Å². The van der Waals surface area contributed by atoms with Gasteiger partial charge in [-0.15, -0.1) is 0 Å². The molecule has 1 aliphatic rings. The number of halogens is 1.